The molecule has 98 valence electrons. The number of hydrogen-bond donors (Lipinski definition) is 2. The minimum absolute atomic E-state index is 0. The van der Waals surface area contributed by atoms with Crippen molar-refractivity contribution in [3.05, 3.63) is 28.8 Å². The SMILES string of the molecule is Cc1ccc(Cl)cc1S(=O)(=O)N[C@H](C)CN.Cl. The third kappa shape index (κ3) is 4.44. The van der Waals surface area contributed by atoms with Gasteiger partial charge in [-0.3, -0.25) is 0 Å². The molecule has 0 aliphatic carbocycles. The fourth-order valence-electron chi connectivity index (χ4n) is 1.24. The number of hydrogen-bond acceptors (Lipinski definition) is 3. The van der Waals surface area contributed by atoms with Crippen LogP contribution in [0.25, 0.3) is 0 Å². The summed E-state index contributed by atoms with van der Waals surface area (Å²) in [6.07, 6.45) is 0. The van der Waals surface area contributed by atoms with Crippen molar-refractivity contribution in [2.45, 2.75) is 24.8 Å². The highest BCUT2D eigenvalue weighted by Crippen LogP contribution is 2.20. The first-order valence-electron chi connectivity index (χ1n) is 4.85. The Morgan fingerprint density at radius 2 is 2.06 bits per heavy atom. The van der Waals surface area contributed by atoms with E-state index in [9.17, 15) is 8.42 Å². The molecule has 0 bridgehead atoms. The number of benzene rings is 1. The summed E-state index contributed by atoms with van der Waals surface area (Å²) in [5.74, 6) is 0. The lowest BCUT2D eigenvalue weighted by atomic mass is 10.2. The van der Waals surface area contributed by atoms with Crippen LogP contribution in [0.3, 0.4) is 0 Å². The van der Waals surface area contributed by atoms with Crippen molar-refractivity contribution < 1.29 is 8.42 Å². The van der Waals surface area contributed by atoms with Crippen LogP contribution in [-0.2, 0) is 10.0 Å². The standard InChI is InChI=1S/C10H15ClN2O2S.ClH/c1-7-3-4-9(11)5-10(7)16(14,15)13-8(2)6-12;/h3-5,8,13H,6,12H2,1-2H3;1H/t8-;/m1./s1. The van der Waals surface area contributed by atoms with Crippen LogP contribution in [0.4, 0.5) is 0 Å². The fourth-order valence-corrected chi connectivity index (χ4v) is 3.00. The molecule has 0 fully saturated rings. The lowest BCUT2D eigenvalue weighted by Gasteiger charge is -2.13. The average Bonchev–Trinajstić information content (AvgIpc) is 2.20. The minimum Gasteiger partial charge on any atom is -0.329 e. The summed E-state index contributed by atoms with van der Waals surface area (Å²) in [6, 6.07) is 4.46. The van der Waals surface area contributed by atoms with E-state index in [1.54, 1.807) is 26.0 Å². The fraction of sp³-hybridized carbons (Fsp3) is 0.400. The van der Waals surface area contributed by atoms with Crippen molar-refractivity contribution in [3.63, 3.8) is 0 Å². The lowest BCUT2D eigenvalue weighted by molar-refractivity contribution is 0.562. The topological polar surface area (TPSA) is 72.2 Å². The van der Waals surface area contributed by atoms with E-state index in [0.29, 0.717) is 10.6 Å². The van der Waals surface area contributed by atoms with Crippen molar-refractivity contribution in [3.8, 4) is 0 Å². The van der Waals surface area contributed by atoms with Gasteiger partial charge in [0.05, 0.1) is 4.90 Å². The first-order valence-corrected chi connectivity index (χ1v) is 6.71. The third-order valence-electron chi connectivity index (χ3n) is 2.15. The largest absolute Gasteiger partial charge is 0.329 e. The van der Waals surface area contributed by atoms with E-state index in [0.717, 1.165) is 0 Å². The normalized spacial score (nSPS) is 12.9. The zero-order chi connectivity index (χ0) is 12.3. The Balaban J connectivity index is 0.00000256. The molecule has 7 heteroatoms. The summed E-state index contributed by atoms with van der Waals surface area (Å²) in [5.41, 5.74) is 6.03. The second-order valence-electron chi connectivity index (χ2n) is 3.67. The molecule has 3 N–H and O–H groups in total. The summed E-state index contributed by atoms with van der Waals surface area (Å²) < 4.78 is 26.4. The van der Waals surface area contributed by atoms with Crippen LogP contribution in [0.2, 0.25) is 5.02 Å². The second-order valence-corrected chi connectivity index (χ2v) is 5.79. The second kappa shape index (κ2) is 6.56. The van der Waals surface area contributed by atoms with E-state index in [4.69, 9.17) is 17.3 Å². The van der Waals surface area contributed by atoms with Gasteiger partial charge in [-0.1, -0.05) is 17.7 Å². The van der Waals surface area contributed by atoms with Crippen molar-refractivity contribution in [2.24, 2.45) is 5.73 Å². The summed E-state index contributed by atoms with van der Waals surface area (Å²) in [5, 5.41) is 0.395. The Labute approximate surface area is 113 Å². The highest BCUT2D eigenvalue weighted by molar-refractivity contribution is 7.89. The summed E-state index contributed by atoms with van der Waals surface area (Å²) >= 11 is 5.78. The van der Waals surface area contributed by atoms with Crippen molar-refractivity contribution in [2.75, 3.05) is 6.54 Å². The number of halogens is 2. The molecular formula is C10H16Cl2N2O2S. The average molecular weight is 299 g/mol. The first kappa shape index (κ1) is 16.7. The van der Waals surface area contributed by atoms with Gasteiger partial charge >= 0.3 is 0 Å². The van der Waals surface area contributed by atoms with Crippen LogP contribution in [0, 0.1) is 6.92 Å². The number of sulfonamides is 1. The summed E-state index contributed by atoms with van der Waals surface area (Å²) in [6.45, 7) is 3.67. The van der Waals surface area contributed by atoms with E-state index in [2.05, 4.69) is 4.72 Å². The molecule has 0 aliphatic heterocycles. The van der Waals surface area contributed by atoms with Gasteiger partial charge < -0.3 is 5.73 Å². The monoisotopic (exact) mass is 298 g/mol. The van der Waals surface area contributed by atoms with E-state index in [1.807, 2.05) is 0 Å². The molecule has 1 aromatic carbocycles. The quantitative estimate of drug-likeness (QED) is 0.888. The van der Waals surface area contributed by atoms with Gasteiger partial charge in [0.15, 0.2) is 0 Å². The summed E-state index contributed by atoms with van der Waals surface area (Å²) in [4.78, 5) is 0.195. The molecule has 17 heavy (non-hydrogen) atoms. The van der Waals surface area contributed by atoms with Crippen LogP contribution in [0.1, 0.15) is 12.5 Å². The zero-order valence-corrected chi connectivity index (χ0v) is 12.0. The van der Waals surface area contributed by atoms with E-state index < -0.39 is 10.0 Å². The van der Waals surface area contributed by atoms with Gasteiger partial charge in [-0.15, -0.1) is 12.4 Å². The molecule has 0 aromatic heterocycles. The number of nitrogens with two attached hydrogens (primary N) is 1. The third-order valence-corrected chi connectivity index (χ3v) is 4.12. The van der Waals surface area contributed by atoms with Gasteiger partial charge in [0.25, 0.3) is 0 Å². The molecular weight excluding hydrogens is 283 g/mol. The van der Waals surface area contributed by atoms with Crippen molar-refractivity contribution >= 4 is 34.0 Å². The van der Waals surface area contributed by atoms with E-state index in [-0.39, 0.29) is 29.9 Å². The Morgan fingerprint density at radius 3 is 2.59 bits per heavy atom. The summed E-state index contributed by atoms with van der Waals surface area (Å²) in [7, 11) is -3.54. The van der Waals surface area contributed by atoms with Crippen molar-refractivity contribution in [1.29, 1.82) is 0 Å². The highest BCUT2D eigenvalue weighted by Gasteiger charge is 2.19. The Bertz CT molecular complexity index is 477. The van der Waals surface area contributed by atoms with Gasteiger partial charge in [0, 0.05) is 17.6 Å². The molecule has 1 rings (SSSR count). The van der Waals surface area contributed by atoms with Gasteiger partial charge in [0.2, 0.25) is 10.0 Å². The van der Waals surface area contributed by atoms with Crippen LogP contribution in [0.15, 0.2) is 23.1 Å². The number of rotatable bonds is 4. The molecule has 0 amide bonds. The maximum absolute atomic E-state index is 11.9. The maximum Gasteiger partial charge on any atom is 0.241 e. The first-order chi connectivity index (χ1) is 7.36. The molecule has 0 radical (unpaired) electrons. The van der Waals surface area contributed by atoms with Gasteiger partial charge in [-0.2, -0.15) is 0 Å². The Kier molecular flexibility index (Phi) is 6.43. The smallest absolute Gasteiger partial charge is 0.241 e. The molecule has 0 spiro atoms. The molecule has 1 atom stereocenters. The maximum atomic E-state index is 11.9. The molecule has 0 aliphatic rings. The van der Waals surface area contributed by atoms with Gasteiger partial charge in [-0.05, 0) is 31.5 Å². The highest BCUT2D eigenvalue weighted by atomic mass is 35.5. The Morgan fingerprint density at radius 1 is 1.47 bits per heavy atom. The van der Waals surface area contributed by atoms with Crippen LogP contribution in [-0.4, -0.2) is 21.0 Å². The molecule has 0 heterocycles. The minimum atomic E-state index is -3.54. The molecule has 0 saturated heterocycles. The Hall–Kier alpha value is -0.330. The number of aryl methyl sites for hydroxylation is 1. The van der Waals surface area contributed by atoms with Crippen LogP contribution >= 0.6 is 24.0 Å². The molecule has 0 unspecified atom stereocenters. The molecule has 1 aromatic rings. The van der Waals surface area contributed by atoms with E-state index >= 15 is 0 Å². The predicted octanol–water partition coefficient (Wildman–Crippen LogP) is 1.70. The van der Waals surface area contributed by atoms with Gasteiger partial charge in [0.1, 0.15) is 0 Å². The zero-order valence-electron chi connectivity index (χ0n) is 9.60. The van der Waals surface area contributed by atoms with Gasteiger partial charge in [-0.25, -0.2) is 13.1 Å². The molecule has 0 saturated carbocycles. The van der Waals surface area contributed by atoms with E-state index in [1.165, 1.54) is 6.07 Å². The predicted molar refractivity (Wildman–Crippen MR) is 72.3 cm³/mol. The lowest BCUT2D eigenvalue weighted by Crippen LogP contribution is -2.38. The van der Waals surface area contributed by atoms with Crippen LogP contribution < -0.4 is 10.5 Å². The van der Waals surface area contributed by atoms with Crippen molar-refractivity contribution in [1.82, 2.24) is 4.72 Å². The number of nitrogens with one attached hydrogen (secondary N) is 1. The van der Waals surface area contributed by atoms with Crippen LogP contribution in [0.5, 0.6) is 0 Å². The molecule has 4 nitrogen and oxygen atoms in total.